The fourth-order valence-electron chi connectivity index (χ4n) is 2.24. The maximum atomic E-state index is 9.17. The van der Waals surface area contributed by atoms with Crippen molar-refractivity contribution in [3.05, 3.63) is 82.0 Å². The normalized spacial score (nSPS) is 11.1. The lowest BCUT2D eigenvalue weighted by molar-refractivity contribution is 0.282. The molecule has 1 N–H and O–H groups in total. The van der Waals surface area contributed by atoms with Crippen molar-refractivity contribution in [3.63, 3.8) is 0 Å². The summed E-state index contributed by atoms with van der Waals surface area (Å²) >= 11 is 1.71. The van der Waals surface area contributed by atoms with Gasteiger partial charge in [-0.2, -0.15) is 11.3 Å². The van der Waals surface area contributed by atoms with Gasteiger partial charge >= 0.3 is 0 Å². The van der Waals surface area contributed by atoms with E-state index < -0.39 is 0 Å². The second kappa shape index (κ2) is 6.53. The summed E-state index contributed by atoms with van der Waals surface area (Å²) in [6.45, 7) is 0.0787. The van der Waals surface area contributed by atoms with Gasteiger partial charge in [-0.25, -0.2) is 0 Å². The molecule has 0 spiro atoms. The van der Waals surface area contributed by atoms with Crippen LogP contribution in [0.5, 0.6) is 0 Å². The monoisotopic (exact) mass is 292 g/mol. The number of hydrogen-bond donors (Lipinski definition) is 1. The summed E-state index contributed by atoms with van der Waals surface area (Å²) in [6.07, 6.45) is 4.18. The van der Waals surface area contributed by atoms with Gasteiger partial charge in [0.1, 0.15) is 0 Å². The summed E-state index contributed by atoms with van der Waals surface area (Å²) in [5, 5.41) is 13.4. The molecule has 0 aliphatic carbocycles. The van der Waals surface area contributed by atoms with Crippen LogP contribution in [0.15, 0.2) is 65.4 Å². The van der Waals surface area contributed by atoms with Gasteiger partial charge in [-0.15, -0.1) is 0 Å². The fourth-order valence-corrected chi connectivity index (χ4v) is 2.90. The first-order valence-corrected chi connectivity index (χ1v) is 7.80. The van der Waals surface area contributed by atoms with Crippen LogP contribution in [0.2, 0.25) is 0 Å². The van der Waals surface area contributed by atoms with Crippen LogP contribution >= 0.6 is 11.3 Å². The third-order valence-electron chi connectivity index (χ3n) is 3.34. The van der Waals surface area contributed by atoms with Crippen LogP contribution < -0.4 is 0 Å². The zero-order valence-electron chi connectivity index (χ0n) is 11.6. The fraction of sp³-hybridized carbons (Fsp3) is 0.0526. The van der Waals surface area contributed by atoms with Gasteiger partial charge in [-0.3, -0.25) is 0 Å². The molecule has 0 atom stereocenters. The molecular formula is C19H16OS. The topological polar surface area (TPSA) is 20.2 Å². The molecule has 0 fully saturated rings. The van der Waals surface area contributed by atoms with Gasteiger partial charge in [0.25, 0.3) is 0 Å². The van der Waals surface area contributed by atoms with Crippen molar-refractivity contribution < 1.29 is 5.11 Å². The van der Waals surface area contributed by atoms with Gasteiger partial charge in [0, 0.05) is 0 Å². The van der Waals surface area contributed by atoms with Gasteiger partial charge in [0.2, 0.25) is 0 Å². The lowest BCUT2D eigenvalue weighted by atomic mass is 10.0. The number of hydrogen-bond acceptors (Lipinski definition) is 2. The lowest BCUT2D eigenvalue weighted by Gasteiger charge is -2.01. The number of benzene rings is 2. The second-order valence-electron chi connectivity index (χ2n) is 4.87. The van der Waals surface area contributed by atoms with Crippen molar-refractivity contribution >= 4 is 23.5 Å². The zero-order chi connectivity index (χ0) is 14.5. The molecule has 2 heteroatoms. The minimum Gasteiger partial charge on any atom is -0.392 e. The first-order chi connectivity index (χ1) is 10.3. The van der Waals surface area contributed by atoms with Crippen LogP contribution in [0.1, 0.15) is 16.7 Å². The molecule has 0 aliphatic heterocycles. The van der Waals surface area contributed by atoms with Crippen LogP contribution in [0.25, 0.3) is 23.3 Å². The van der Waals surface area contributed by atoms with Crippen molar-refractivity contribution in [2.75, 3.05) is 0 Å². The highest BCUT2D eigenvalue weighted by Gasteiger charge is 1.98. The van der Waals surface area contributed by atoms with Gasteiger partial charge in [0.15, 0.2) is 0 Å². The van der Waals surface area contributed by atoms with Crippen molar-refractivity contribution in [2.45, 2.75) is 6.61 Å². The highest BCUT2D eigenvalue weighted by Crippen LogP contribution is 2.23. The van der Waals surface area contributed by atoms with E-state index in [0.29, 0.717) is 0 Å². The van der Waals surface area contributed by atoms with Crippen molar-refractivity contribution in [1.29, 1.82) is 0 Å². The lowest BCUT2D eigenvalue weighted by Crippen LogP contribution is -1.82. The average molecular weight is 292 g/mol. The Morgan fingerprint density at radius 3 is 2.33 bits per heavy atom. The molecule has 0 radical (unpaired) electrons. The summed E-state index contributed by atoms with van der Waals surface area (Å²) in [5.41, 5.74) is 5.71. The maximum Gasteiger partial charge on any atom is 0.0682 e. The maximum absolute atomic E-state index is 9.17. The second-order valence-corrected chi connectivity index (χ2v) is 5.65. The van der Waals surface area contributed by atoms with Gasteiger partial charge in [-0.1, -0.05) is 48.6 Å². The molecule has 0 aliphatic rings. The Kier molecular flexibility index (Phi) is 4.29. The molecule has 0 saturated carbocycles. The van der Waals surface area contributed by atoms with Crippen LogP contribution in [-0.4, -0.2) is 5.11 Å². The Morgan fingerprint density at radius 1 is 0.857 bits per heavy atom. The van der Waals surface area contributed by atoms with E-state index in [-0.39, 0.29) is 6.61 Å². The minimum atomic E-state index is 0.0787. The molecule has 1 heterocycles. The molecule has 21 heavy (non-hydrogen) atoms. The van der Waals surface area contributed by atoms with E-state index in [1.165, 1.54) is 16.7 Å². The number of aliphatic hydroxyl groups is 1. The van der Waals surface area contributed by atoms with E-state index in [2.05, 4.69) is 53.2 Å². The van der Waals surface area contributed by atoms with E-state index in [0.717, 1.165) is 11.1 Å². The predicted octanol–water partition coefficient (Wildman–Crippen LogP) is 5.08. The summed E-state index contributed by atoms with van der Waals surface area (Å²) in [7, 11) is 0. The third kappa shape index (κ3) is 3.48. The van der Waals surface area contributed by atoms with Crippen molar-refractivity contribution in [2.24, 2.45) is 0 Å². The molecule has 1 aromatic heterocycles. The molecule has 0 unspecified atom stereocenters. The van der Waals surface area contributed by atoms with E-state index >= 15 is 0 Å². The Balaban J connectivity index is 1.84. The van der Waals surface area contributed by atoms with E-state index in [9.17, 15) is 0 Å². The average Bonchev–Trinajstić information content (AvgIpc) is 3.08. The van der Waals surface area contributed by atoms with E-state index in [4.69, 9.17) is 5.11 Å². The Morgan fingerprint density at radius 2 is 1.62 bits per heavy atom. The van der Waals surface area contributed by atoms with Crippen molar-refractivity contribution in [1.82, 2.24) is 0 Å². The number of aliphatic hydroxyl groups excluding tert-OH is 1. The molecule has 3 rings (SSSR count). The quantitative estimate of drug-likeness (QED) is 0.665. The minimum absolute atomic E-state index is 0.0787. The number of thiophene rings is 1. The summed E-state index contributed by atoms with van der Waals surface area (Å²) < 4.78 is 0. The highest BCUT2D eigenvalue weighted by molar-refractivity contribution is 7.08. The Bertz CT molecular complexity index is 742. The molecular weight excluding hydrogens is 276 g/mol. The number of rotatable bonds is 4. The Hall–Kier alpha value is -2.16. The highest BCUT2D eigenvalue weighted by atomic mass is 32.1. The molecule has 104 valence electrons. The smallest absolute Gasteiger partial charge is 0.0682 e. The van der Waals surface area contributed by atoms with Gasteiger partial charge in [-0.05, 0) is 56.8 Å². The van der Waals surface area contributed by atoms with Gasteiger partial charge < -0.3 is 5.11 Å². The largest absolute Gasteiger partial charge is 0.392 e. The summed E-state index contributed by atoms with van der Waals surface area (Å²) in [4.78, 5) is 0. The molecule has 3 aromatic rings. The molecule has 0 bridgehead atoms. The van der Waals surface area contributed by atoms with E-state index in [1.54, 1.807) is 11.3 Å². The first-order valence-electron chi connectivity index (χ1n) is 6.86. The molecule has 1 nitrogen and oxygen atoms in total. The summed E-state index contributed by atoms with van der Waals surface area (Å²) in [6, 6.07) is 18.6. The van der Waals surface area contributed by atoms with Crippen LogP contribution in [0.3, 0.4) is 0 Å². The third-order valence-corrected chi connectivity index (χ3v) is 4.03. The first kappa shape index (κ1) is 13.8. The van der Waals surface area contributed by atoms with Crippen molar-refractivity contribution in [3.8, 4) is 11.1 Å². The van der Waals surface area contributed by atoms with Crippen LogP contribution in [0.4, 0.5) is 0 Å². The molecule has 0 saturated heterocycles. The standard InChI is InChI=1S/C19H16OS/c20-13-17-5-1-3-15(11-17)7-8-16-4-2-6-18(12-16)19-9-10-21-14-19/h1-12,14,20H,13H2. The molecule has 0 amide bonds. The zero-order valence-corrected chi connectivity index (χ0v) is 12.4. The SMILES string of the molecule is OCc1cccc(C=Cc2cccc(-c3ccsc3)c2)c1. The summed E-state index contributed by atoms with van der Waals surface area (Å²) in [5.74, 6) is 0. The predicted molar refractivity (Wildman–Crippen MR) is 91.0 cm³/mol. The molecule has 2 aromatic carbocycles. The van der Waals surface area contributed by atoms with E-state index in [1.807, 2.05) is 24.3 Å². The van der Waals surface area contributed by atoms with Crippen LogP contribution in [0, 0.1) is 0 Å². The van der Waals surface area contributed by atoms with Crippen LogP contribution in [-0.2, 0) is 6.61 Å². The van der Waals surface area contributed by atoms with Gasteiger partial charge in [0.05, 0.1) is 6.61 Å². The Labute approximate surface area is 128 Å².